The molecule has 0 aliphatic carbocycles. The highest BCUT2D eigenvalue weighted by atomic mass is 35.5. The van der Waals surface area contributed by atoms with Gasteiger partial charge in [-0.15, -0.1) is 35.0 Å². The average molecular weight is 476 g/mol. The Morgan fingerprint density at radius 2 is 1.50 bits per heavy atom. The highest BCUT2D eigenvalue weighted by molar-refractivity contribution is 7.99. The second kappa shape index (κ2) is 13.0. The van der Waals surface area contributed by atoms with Crippen LogP contribution in [0.3, 0.4) is 0 Å². The summed E-state index contributed by atoms with van der Waals surface area (Å²) in [7, 11) is -3.29. The van der Waals surface area contributed by atoms with E-state index in [1.54, 1.807) is 18.0 Å². The van der Waals surface area contributed by atoms with Gasteiger partial charge < -0.3 is 0 Å². The third kappa shape index (κ3) is 9.62. The van der Waals surface area contributed by atoms with Gasteiger partial charge in [-0.05, 0) is 37.1 Å². The quantitative estimate of drug-likeness (QED) is 0.282. The van der Waals surface area contributed by atoms with E-state index in [1.807, 2.05) is 12.1 Å². The first-order valence-electron chi connectivity index (χ1n) is 7.59. The molecule has 0 unspecified atom stereocenters. The molecular weight excluding hydrogens is 458 g/mol. The van der Waals surface area contributed by atoms with Crippen LogP contribution in [0.2, 0.25) is 10.0 Å². The zero-order chi connectivity index (χ0) is 19.4. The first kappa shape index (κ1) is 23.8. The lowest BCUT2D eigenvalue weighted by Crippen LogP contribution is -2.08. The SMILES string of the molecule is ClCCCSc1ccc(Cl)cn1.O=S(=O)(CCCCl)c1ccc(Cl)cn1. The van der Waals surface area contributed by atoms with Crippen LogP contribution in [0.5, 0.6) is 0 Å². The Morgan fingerprint density at radius 1 is 0.885 bits per heavy atom. The zero-order valence-electron chi connectivity index (χ0n) is 13.7. The molecule has 0 spiro atoms. The van der Waals surface area contributed by atoms with Gasteiger partial charge in [0.1, 0.15) is 0 Å². The van der Waals surface area contributed by atoms with E-state index in [9.17, 15) is 8.42 Å². The van der Waals surface area contributed by atoms with Crippen molar-refractivity contribution in [1.29, 1.82) is 0 Å². The molecule has 2 heterocycles. The lowest BCUT2D eigenvalue weighted by Gasteiger charge is -2.01. The molecule has 0 atom stereocenters. The second-order valence-electron chi connectivity index (χ2n) is 4.88. The van der Waals surface area contributed by atoms with Crippen molar-refractivity contribution in [3.63, 3.8) is 0 Å². The van der Waals surface area contributed by atoms with Crippen LogP contribution in [-0.4, -0.2) is 41.7 Å². The van der Waals surface area contributed by atoms with Crippen LogP contribution in [0.1, 0.15) is 12.8 Å². The highest BCUT2D eigenvalue weighted by Crippen LogP contribution is 2.17. The standard InChI is InChI=1S/C8H9Cl2NO2S.C8H9Cl2NS/c9-4-1-5-14(12,13)8-3-2-7(10)6-11-8;9-4-1-5-12-8-3-2-7(10)6-11-8/h2-3,6H,1,4-5H2;2-3,6H,1,4-5H2. The van der Waals surface area contributed by atoms with Gasteiger partial charge in [0, 0.05) is 29.9 Å². The summed E-state index contributed by atoms with van der Waals surface area (Å²) in [5.74, 6) is 2.07. The number of hydrogen-bond donors (Lipinski definition) is 0. The smallest absolute Gasteiger partial charge is 0.195 e. The highest BCUT2D eigenvalue weighted by Gasteiger charge is 2.14. The number of nitrogens with zero attached hydrogens (tertiary/aromatic N) is 2. The summed E-state index contributed by atoms with van der Waals surface area (Å²) in [4.78, 5) is 7.88. The minimum absolute atomic E-state index is 0.0190. The van der Waals surface area contributed by atoms with Gasteiger partial charge in [-0.2, -0.15) is 0 Å². The molecule has 0 aliphatic heterocycles. The molecular formula is C16H18Cl4N2O2S2. The summed E-state index contributed by atoms with van der Waals surface area (Å²) in [5.41, 5.74) is 0. The van der Waals surface area contributed by atoms with Gasteiger partial charge in [-0.25, -0.2) is 18.4 Å². The molecule has 0 saturated heterocycles. The van der Waals surface area contributed by atoms with Crippen molar-refractivity contribution in [2.24, 2.45) is 0 Å². The molecule has 0 radical (unpaired) electrons. The number of aromatic nitrogens is 2. The lowest BCUT2D eigenvalue weighted by molar-refractivity contribution is 0.591. The van der Waals surface area contributed by atoms with E-state index in [0.29, 0.717) is 28.2 Å². The molecule has 0 aromatic carbocycles. The van der Waals surface area contributed by atoms with Crippen molar-refractivity contribution in [3.8, 4) is 0 Å². The molecule has 2 rings (SSSR count). The molecule has 144 valence electrons. The van der Waals surface area contributed by atoms with Gasteiger partial charge in [0.15, 0.2) is 14.9 Å². The topological polar surface area (TPSA) is 59.9 Å². The van der Waals surface area contributed by atoms with Crippen LogP contribution in [0, 0.1) is 0 Å². The van der Waals surface area contributed by atoms with E-state index < -0.39 is 9.84 Å². The van der Waals surface area contributed by atoms with Crippen molar-refractivity contribution < 1.29 is 8.42 Å². The Hall–Kier alpha value is -0.240. The van der Waals surface area contributed by atoms with Gasteiger partial charge in [0.25, 0.3) is 0 Å². The number of pyridine rings is 2. The first-order chi connectivity index (χ1) is 12.4. The molecule has 4 nitrogen and oxygen atoms in total. The third-order valence-electron chi connectivity index (χ3n) is 2.79. The summed E-state index contributed by atoms with van der Waals surface area (Å²) in [6.45, 7) is 0. The molecule has 0 fully saturated rings. The summed E-state index contributed by atoms with van der Waals surface area (Å²) >= 11 is 23.9. The van der Waals surface area contributed by atoms with Crippen LogP contribution in [-0.2, 0) is 9.84 Å². The molecule has 0 saturated carbocycles. The number of alkyl halides is 2. The maximum absolute atomic E-state index is 11.5. The van der Waals surface area contributed by atoms with E-state index in [0.717, 1.165) is 17.2 Å². The van der Waals surface area contributed by atoms with Crippen molar-refractivity contribution in [3.05, 3.63) is 46.7 Å². The Balaban J connectivity index is 0.000000263. The van der Waals surface area contributed by atoms with Crippen LogP contribution in [0.4, 0.5) is 0 Å². The zero-order valence-corrected chi connectivity index (χ0v) is 18.4. The van der Waals surface area contributed by atoms with E-state index in [4.69, 9.17) is 46.4 Å². The Kier molecular flexibility index (Phi) is 11.9. The van der Waals surface area contributed by atoms with Crippen molar-refractivity contribution in [2.75, 3.05) is 23.3 Å². The predicted octanol–water partition coefficient (Wildman–Crippen LogP) is 5.59. The average Bonchev–Trinajstić information content (AvgIpc) is 2.63. The number of sulfone groups is 1. The van der Waals surface area contributed by atoms with Gasteiger partial charge in [-0.1, -0.05) is 23.2 Å². The minimum Gasteiger partial charge on any atom is -0.248 e. The molecule has 0 bridgehead atoms. The number of halogens is 4. The van der Waals surface area contributed by atoms with Crippen LogP contribution in [0.25, 0.3) is 0 Å². The molecule has 2 aromatic rings. The summed E-state index contributed by atoms with van der Waals surface area (Å²) in [6, 6.07) is 6.66. The number of thioether (sulfide) groups is 1. The van der Waals surface area contributed by atoms with Crippen molar-refractivity contribution in [1.82, 2.24) is 9.97 Å². The maximum Gasteiger partial charge on any atom is 0.195 e. The molecule has 26 heavy (non-hydrogen) atoms. The van der Waals surface area contributed by atoms with Crippen LogP contribution >= 0.6 is 58.2 Å². The monoisotopic (exact) mass is 474 g/mol. The van der Waals surface area contributed by atoms with Gasteiger partial charge in [-0.3, -0.25) is 0 Å². The molecule has 0 amide bonds. The Labute approximate surface area is 178 Å². The van der Waals surface area contributed by atoms with Crippen molar-refractivity contribution in [2.45, 2.75) is 22.9 Å². The van der Waals surface area contributed by atoms with Gasteiger partial charge in [0.2, 0.25) is 0 Å². The lowest BCUT2D eigenvalue weighted by atomic mass is 10.5. The van der Waals surface area contributed by atoms with Crippen molar-refractivity contribution >= 4 is 68.0 Å². The molecule has 0 aliphatic rings. The summed E-state index contributed by atoms with van der Waals surface area (Å²) in [5, 5.41) is 2.15. The summed E-state index contributed by atoms with van der Waals surface area (Å²) in [6.07, 6.45) is 4.41. The minimum atomic E-state index is -3.29. The fourth-order valence-electron chi connectivity index (χ4n) is 1.57. The Morgan fingerprint density at radius 3 is 2.00 bits per heavy atom. The van der Waals surface area contributed by atoms with E-state index in [1.165, 1.54) is 18.3 Å². The first-order valence-corrected chi connectivity index (χ1v) is 12.1. The van der Waals surface area contributed by atoms with E-state index >= 15 is 0 Å². The van der Waals surface area contributed by atoms with E-state index in [-0.39, 0.29) is 10.8 Å². The Bertz CT molecular complexity index is 742. The molecule has 0 N–H and O–H groups in total. The largest absolute Gasteiger partial charge is 0.248 e. The van der Waals surface area contributed by atoms with Crippen LogP contribution < -0.4 is 0 Å². The molecule has 2 aromatic heterocycles. The maximum atomic E-state index is 11.5. The van der Waals surface area contributed by atoms with Crippen LogP contribution in [0.15, 0.2) is 46.7 Å². The number of rotatable bonds is 8. The fourth-order valence-corrected chi connectivity index (χ4v) is 4.39. The predicted molar refractivity (Wildman–Crippen MR) is 112 cm³/mol. The third-order valence-corrected chi connectivity index (χ3v) is 6.51. The number of hydrogen-bond acceptors (Lipinski definition) is 5. The summed E-state index contributed by atoms with van der Waals surface area (Å²) < 4.78 is 23.1. The van der Waals surface area contributed by atoms with Gasteiger partial charge in [0.05, 0.1) is 20.8 Å². The fraction of sp³-hybridized carbons (Fsp3) is 0.375. The molecule has 10 heteroatoms. The second-order valence-corrected chi connectivity index (χ2v) is 9.68. The van der Waals surface area contributed by atoms with Gasteiger partial charge >= 0.3 is 0 Å². The van der Waals surface area contributed by atoms with E-state index in [2.05, 4.69) is 9.97 Å². The normalized spacial score (nSPS) is 10.9.